The SMILES string of the molecule is Nc1cn[nH]n1.O=[P+](O)O. The Bertz CT molecular complexity index is 182. The van der Waals surface area contributed by atoms with Crippen LogP contribution in [0.1, 0.15) is 0 Å². The molecule has 0 bridgehead atoms. The highest BCUT2D eigenvalue weighted by Crippen LogP contribution is 1.98. The zero-order valence-corrected chi connectivity index (χ0v) is 5.69. The van der Waals surface area contributed by atoms with Crippen LogP contribution in [0.3, 0.4) is 0 Å². The smallest absolute Gasteiger partial charge is 0.381 e. The van der Waals surface area contributed by atoms with Gasteiger partial charge in [0.25, 0.3) is 0 Å². The Hall–Kier alpha value is -1.04. The van der Waals surface area contributed by atoms with Gasteiger partial charge in [0.2, 0.25) is 0 Å². The highest BCUT2D eigenvalue weighted by molar-refractivity contribution is 7.30. The van der Waals surface area contributed by atoms with Crippen LogP contribution in [0.15, 0.2) is 6.20 Å². The third-order valence-corrected chi connectivity index (χ3v) is 0.434. The van der Waals surface area contributed by atoms with Crippen LogP contribution in [-0.2, 0) is 4.57 Å². The van der Waals surface area contributed by atoms with Gasteiger partial charge in [-0.3, -0.25) is 0 Å². The Balaban J connectivity index is 0.000000180. The molecule has 0 atom stereocenters. The highest BCUT2D eigenvalue weighted by atomic mass is 31.1. The van der Waals surface area contributed by atoms with Gasteiger partial charge in [0, 0.05) is 4.57 Å². The van der Waals surface area contributed by atoms with Crippen LogP contribution < -0.4 is 5.73 Å². The van der Waals surface area contributed by atoms with Gasteiger partial charge in [-0.15, -0.1) is 14.9 Å². The van der Waals surface area contributed by atoms with E-state index in [0.29, 0.717) is 5.82 Å². The zero-order chi connectivity index (χ0) is 7.98. The molecule has 1 aromatic heterocycles. The molecule has 0 amide bonds. The minimum Gasteiger partial charge on any atom is -0.381 e. The minimum atomic E-state index is -2.87. The molecule has 0 saturated heterocycles. The molecule has 10 heavy (non-hydrogen) atoms. The molecular formula is C2H6N4O3P+. The van der Waals surface area contributed by atoms with E-state index in [4.69, 9.17) is 20.1 Å². The monoisotopic (exact) mass is 165 g/mol. The molecule has 8 heteroatoms. The largest absolute Gasteiger partial charge is 0.692 e. The number of aromatic amines is 1. The molecule has 7 nitrogen and oxygen atoms in total. The Morgan fingerprint density at radius 2 is 2.20 bits per heavy atom. The molecule has 1 heterocycles. The van der Waals surface area contributed by atoms with E-state index in [2.05, 4.69) is 15.4 Å². The lowest BCUT2D eigenvalue weighted by molar-refractivity contribution is 0.405. The van der Waals surface area contributed by atoms with Crippen LogP contribution in [0.5, 0.6) is 0 Å². The molecule has 0 spiro atoms. The van der Waals surface area contributed by atoms with Gasteiger partial charge < -0.3 is 5.73 Å². The Morgan fingerprint density at radius 1 is 1.70 bits per heavy atom. The minimum absolute atomic E-state index is 0.426. The molecule has 0 aliphatic carbocycles. The molecule has 0 aromatic carbocycles. The number of nitrogens with two attached hydrogens (primary N) is 1. The summed E-state index contributed by atoms with van der Waals surface area (Å²) in [5, 5.41) is 9.22. The average molecular weight is 165 g/mol. The van der Waals surface area contributed by atoms with Crippen LogP contribution in [0.2, 0.25) is 0 Å². The molecule has 0 fully saturated rings. The number of hydrogen-bond acceptors (Lipinski definition) is 4. The van der Waals surface area contributed by atoms with Crippen molar-refractivity contribution < 1.29 is 14.4 Å². The summed E-state index contributed by atoms with van der Waals surface area (Å²) in [6.07, 6.45) is 1.44. The maximum Gasteiger partial charge on any atom is 0.692 e. The van der Waals surface area contributed by atoms with Crippen molar-refractivity contribution in [3.05, 3.63) is 6.20 Å². The third-order valence-electron chi connectivity index (χ3n) is 0.434. The highest BCUT2D eigenvalue weighted by Gasteiger charge is 1.93. The van der Waals surface area contributed by atoms with Crippen molar-refractivity contribution in [2.24, 2.45) is 0 Å². The van der Waals surface area contributed by atoms with Crippen molar-refractivity contribution in [3.8, 4) is 0 Å². The summed E-state index contributed by atoms with van der Waals surface area (Å²) in [4.78, 5) is 14.2. The number of nitrogens with zero attached hydrogens (tertiary/aromatic N) is 2. The number of nitrogen functional groups attached to an aromatic ring is 1. The van der Waals surface area contributed by atoms with E-state index >= 15 is 0 Å². The predicted octanol–water partition coefficient (Wildman–Crippen LogP) is -0.985. The molecule has 0 unspecified atom stereocenters. The van der Waals surface area contributed by atoms with Crippen molar-refractivity contribution in [2.45, 2.75) is 0 Å². The lowest BCUT2D eigenvalue weighted by Gasteiger charge is -1.65. The lowest BCUT2D eigenvalue weighted by Crippen LogP contribution is -1.81. The quantitative estimate of drug-likeness (QED) is 0.366. The van der Waals surface area contributed by atoms with Gasteiger partial charge in [0.05, 0.1) is 6.20 Å². The van der Waals surface area contributed by atoms with Crippen molar-refractivity contribution in [2.75, 3.05) is 5.73 Å². The van der Waals surface area contributed by atoms with E-state index in [-0.39, 0.29) is 0 Å². The normalized spacial score (nSPS) is 7.80. The van der Waals surface area contributed by atoms with E-state index in [1.54, 1.807) is 0 Å². The van der Waals surface area contributed by atoms with Gasteiger partial charge >= 0.3 is 8.25 Å². The van der Waals surface area contributed by atoms with Crippen molar-refractivity contribution in [3.63, 3.8) is 0 Å². The average Bonchev–Trinajstić information content (AvgIpc) is 2.15. The van der Waals surface area contributed by atoms with Crippen molar-refractivity contribution >= 4 is 14.1 Å². The molecule has 1 aromatic rings. The number of aromatic nitrogens is 3. The molecule has 0 saturated carbocycles. The fourth-order valence-corrected chi connectivity index (χ4v) is 0.210. The molecule has 0 aliphatic heterocycles. The maximum absolute atomic E-state index is 8.70. The third kappa shape index (κ3) is 6.96. The molecule has 0 aliphatic rings. The van der Waals surface area contributed by atoms with Gasteiger partial charge in [0.15, 0.2) is 5.82 Å². The number of rotatable bonds is 0. The topological polar surface area (TPSA) is 125 Å². The van der Waals surface area contributed by atoms with E-state index in [1.165, 1.54) is 6.20 Å². The molecular weight excluding hydrogens is 159 g/mol. The fraction of sp³-hybridized carbons (Fsp3) is 0. The van der Waals surface area contributed by atoms with E-state index in [1.807, 2.05) is 0 Å². The van der Waals surface area contributed by atoms with Gasteiger partial charge in [-0.25, -0.2) is 0 Å². The van der Waals surface area contributed by atoms with Gasteiger partial charge in [-0.2, -0.15) is 10.3 Å². The fourth-order valence-electron chi connectivity index (χ4n) is 0.210. The van der Waals surface area contributed by atoms with E-state index < -0.39 is 8.25 Å². The number of anilines is 1. The number of H-pyrrole nitrogens is 1. The summed E-state index contributed by atoms with van der Waals surface area (Å²) in [7, 11) is -2.87. The second-order valence-electron chi connectivity index (χ2n) is 1.15. The molecule has 56 valence electrons. The van der Waals surface area contributed by atoms with E-state index in [9.17, 15) is 0 Å². The van der Waals surface area contributed by atoms with Crippen molar-refractivity contribution in [1.29, 1.82) is 0 Å². The van der Waals surface area contributed by atoms with Crippen LogP contribution in [0.25, 0.3) is 0 Å². The second-order valence-corrected chi connectivity index (χ2v) is 1.65. The molecule has 1 rings (SSSR count). The summed E-state index contributed by atoms with van der Waals surface area (Å²) in [6.45, 7) is 0. The summed E-state index contributed by atoms with van der Waals surface area (Å²) < 4.78 is 8.70. The first-order valence-corrected chi connectivity index (χ1v) is 3.25. The summed E-state index contributed by atoms with van der Waals surface area (Å²) in [5.41, 5.74) is 5.07. The Kier molecular flexibility index (Phi) is 4.30. The van der Waals surface area contributed by atoms with Crippen molar-refractivity contribution in [1.82, 2.24) is 15.4 Å². The van der Waals surface area contributed by atoms with Gasteiger partial charge in [-0.05, 0) is 0 Å². The van der Waals surface area contributed by atoms with Gasteiger partial charge in [0.1, 0.15) is 0 Å². The summed E-state index contributed by atoms with van der Waals surface area (Å²) in [5.74, 6) is 0.426. The predicted molar refractivity (Wildman–Crippen MR) is 32.8 cm³/mol. The van der Waals surface area contributed by atoms with Crippen LogP contribution in [0, 0.1) is 0 Å². The Labute approximate surface area is 56.8 Å². The van der Waals surface area contributed by atoms with Crippen LogP contribution >= 0.6 is 8.25 Å². The number of nitrogens with one attached hydrogen (secondary N) is 1. The first-order chi connectivity index (χ1) is 4.63. The van der Waals surface area contributed by atoms with Gasteiger partial charge in [-0.1, -0.05) is 0 Å². The lowest BCUT2D eigenvalue weighted by atomic mass is 10.8. The van der Waals surface area contributed by atoms with Crippen LogP contribution in [0.4, 0.5) is 5.82 Å². The Morgan fingerprint density at radius 3 is 2.30 bits per heavy atom. The summed E-state index contributed by atoms with van der Waals surface area (Å²) >= 11 is 0. The molecule has 5 N–H and O–H groups in total. The zero-order valence-electron chi connectivity index (χ0n) is 4.80. The molecule has 0 radical (unpaired) electrons. The van der Waals surface area contributed by atoms with E-state index in [0.717, 1.165) is 0 Å². The first-order valence-electron chi connectivity index (χ1n) is 2.09. The second kappa shape index (κ2) is 4.80. The first kappa shape index (κ1) is 8.96. The van der Waals surface area contributed by atoms with Crippen LogP contribution in [-0.4, -0.2) is 25.2 Å². The number of hydrogen-bond donors (Lipinski definition) is 4. The standard InChI is InChI=1S/C2H4N4.HO3P/c3-2-1-4-6-5-2;1-4(2)3/h1H,(H3,3,4,5,6);(H-,1,2,3)/p+1. The summed E-state index contributed by atoms with van der Waals surface area (Å²) in [6, 6.07) is 0. The maximum atomic E-state index is 8.70.